The number of hydrogen-bond acceptors (Lipinski definition) is 2. The van der Waals surface area contributed by atoms with Crippen LogP contribution in [0.5, 0.6) is 0 Å². The second kappa shape index (κ2) is 4.19. The minimum Gasteiger partial charge on any atom is -0.392 e. The van der Waals surface area contributed by atoms with Gasteiger partial charge < -0.3 is 9.90 Å². The van der Waals surface area contributed by atoms with Crippen LogP contribution in [0, 0.1) is 6.92 Å². The van der Waals surface area contributed by atoms with Crippen LogP contribution < -0.4 is 0 Å². The third kappa shape index (κ3) is 2.16. The molecule has 0 aliphatic carbocycles. The molecule has 0 spiro atoms. The van der Waals surface area contributed by atoms with Crippen molar-refractivity contribution in [1.29, 1.82) is 0 Å². The average molecular weight is 178 g/mol. The van der Waals surface area contributed by atoms with E-state index >= 15 is 0 Å². The predicted molar refractivity (Wildman–Crippen MR) is 51.6 cm³/mol. The molecule has 0 aliphatic rings. The zero-order valence-electron chi connectivity index (χ0n) is 7.95. The predicted octanol–water partition coefficient (Wildman–Crippen LogP) is 1.79. The number of rotatable bonds is 3. The molecule has 1 atom stereocenters. The molecule has 1 aromatic carbocycles. The monoisotopic (exact) mass is 178 g/mol. The molecule has 2 heteroatoms. The van der Waals surface area contributed by atoms with Gasteiger partial charge in [0.2, 0.25) is 0 Å². The van der Waals surface area contributed by atoms with Gasteiger partial charge in [0.05, 0.1) is 6.61 Å². The molecule has 70 valence electrons. The summed E-state index contributed by atoms with van der Waals surface area (Å²) in [5.74, 6) is -0.0635. The molecule has 0 radical (unpaired) electrons. The molecule has 13 heavy (non-hydrogen) atoms. The third-order valence-electron chi connectivity index (χ3n) is 2.27. The molecule has 2 nitrogen and oxygen atoms in total. The number of aldehydes is 1. The maximum absolute atomic E-state index is 10.5. The number of hydrogen-bond donors (Lipinski definition) is 1. The summed E-state index contributed by atoms with van der Waals surface area (Å²) in [6.07, 6.45) is 0.924. The van der Waals surface area contributed by atoms with Gasteiger partial charge in [-0.25, -0.2) is 0 Å². The molecule has 1 rings (SSSR count). The summed E-state index contributed by atoms with van der Waals surface area (Å²) in [7, 11) is 0. The van der Waals surface area contributed by atoms with E-state index in [-0.39, 0.29) is 12.5 Å². The van der Waals surface area contributed by atoms with Gasteiger partial charge in [0.15, 0.2) is 0 Å². The zero-order valence-corrected chi connectivity index (χ0v) is 7.95. The van der Waals surface area contributed by atoms with Crippen LogP contribution in [0.15, 0.2) is 18.2 Å². The molecule has 0 amide bonds. The van der Waals surface area contributed by atoms with Crippen molar-refractivity contribution >= 4 is 6.29 Å². The second-order valence-electron chi connectivity index (χ2n) is 3.27. The number of aliphatic hydroxyl groups excluding tert-OH is 1. The molecule has 1 N–H and O–H groups in total. The van der Waals surface area contributed by atoms with E-state index in [9.17, 15) is 4.79 Å². The lowest BCUT2D eigenvalue weighted by molar-refractivity contribution is -0.108. The Kier molecular flexibility index (Phi) is 3.20. The number of aryl methyl sites for hydroxylation is 1. The van der Waals surface area contributed by atoms with E-state index in [1.807, 2.05) is 32.0 Å². The van der Waals surface area contributed by atoms with Crippen molar-refractivity contribution in [2.45, 2.75) is 26.4 Å². The highest BCUT2D eigenvalue weighted by Crippen LogP contribution is 2.17. The minimum absolute atomic E-state index is 0.0571. The molecule has 0 heterocycles. The Morgan fingerprint density at radius 3 is 2.69 bits per heavy atom. The Bertz CT molecular complexity index is 305. The molecular formula is C11H14O2. The topological polar surface area (TPSA) is 37.3 Å². The standard InChI is InChI=1S/C11H14O2/c1-8-5-10(9(2)6-12)3-4-11(8)7-13/h3-6,9,13H,7H2,1-2H3. The maximum atomic E-state index is 10.5. The number of carbonyl (C=O) groups is 1. The van der Waals surface area contributed by atoms with E-state index in [0.29, 0.717) is 0 Å². The fourth-order valence-electron chi connectivity index (χ4n) is 1.26. The van der Waals surface area contributed by atoms with Gasteiger partial charge in [0.25, 0.3) is 0 Å². The fraction of sp³-hybridized carbons (Fsp3) is 0.364. The first kappa shape index (κ1) is 9.93. The van der Waals surface area contributed by atoms with Gasteiger partial charge in [0, 0.05) is 5.92 Å². The Labute approximate surface area is 78.2 Å². The summed E-state index contributed by atoms with van der Waals surface area (Å²) < 4.78 is 0. The van der Waals surface area contributed by atoms with E-state index < -0.39 is 0 Å². The number of benzene rings is 1. The molecule has 0 fully saturated rings. The van der Waals surface area contributed by atoms with Crippen molar-refractivity contribution < 1.29 is 9.90 Å². The van der Waals surface area contributed by atoms with Gasteiger partial charge in [0.1, 0.15) is 6.29 Å². The molecule has 0 saturated carbocycles. The highest BCUT2D eigenvalue weighted by Gasteiger charge is 2.05. The van der Waals surface area contributed by atoms with Gasteiger partial charge in [-0.1, -0.05) is 25.1 Å². The SMILES string of the molecule is Cc1cc(C(C)C=O)ccc1CO. The summed E-state index contributed by atoms with van der Waals surface area (Å²) >= 11 is 0. The molecule has 0 saturated heterocycles. The lowest BCUT2D eigenvalue weighted by Gasteiger charge is -2.07. The molecular weight excluding hydrogens is 164 g/mol. The first-order chi connectivity index (χ1) is 6.19. The van der Waals surface area contributed by atoms with Crippen LogP contribution in [0.3, 0.4) is 0 Å². The van der Waals surface area contributed by atoms with Crippen LogP contribution in [-0.2, 0) is 11.4 Å². The van der Waals surface area contributed by atoms with Crippen LogP contribution in [0.4, 0.5) is 0 Å². The van der Waals surface area contributed by atoms with Gasteiger partial charge in [-0.15, -0.1) is 0 Å². The summed E-state index contributed by atoms with van der Waals surface area (Å²) in [5.41, 5.74) is 2.96. The Morgan fingerprint density at radius 1 is 1.54 bits per heavy atom. The van der Waals surface area contributed by atoms with Crippen molar-refractivity contribution in [2.24, 2.45) is 0 Å². The first-order valence-electron chi connectivity index (χ1n) is 4.34. The quantitative estimate of drug-likeness (QED) is 0.716. The van der Waals surface area contributed by atoms with Crippen molar-refractivity contribution in [3.8, 4) is 0 Å². The van der Waals surface area contributed by atoms with E-state index in [0.717, 1.165) is 23.0 Å². The van der Waals surface area contributed by atoms with Crippen LogP contribution in [0.1, 0.15) is 29.5 Å². The molecule has 0 aliphatic heterocycles. The summed E-state index contributed by atoms with van der Waals surface area (Å²) in [6.45, 7) is 3.86. The van der Waals surface area contributed by atoms with Gasteiger partial charge in [-0.3, -0.25) is 0 Å². The molecule has 1 aromatic rings. The van der Waals surface area contributed by atoms with Crippen molar-refractivity contribution in [2.75, 3.05) is 0 Å². The smallest absolute Gasteiger partial charge is 0.127 e. The Hall–Kier alpha value is -1.15. The fourth-order valence-corrected chi connectivity index (χ4v) is 1.26. The van der Waals surface area contributed by atoms with Gasteiger partial charge in [-0.05, 0) is 23.6 Å². The number of aliphatic hydroxyl groups is 1. The van der Waals surface area contributed by atoms with Gasteiger partial charge in [-0.2, -0.15) is 0 Å². The van der Waals surface area contributed by atoms with E-state index in [1.165, 1.54) is 0 Å². The summed E-state index contributed by atoms with van der Waals surface area (Å²) in [6, 6.07) is 5.70. The summed E-state index contributed by atoms with van der Waals surface area (Å²) in [5, 5.41) is 8.94. The molecule has 0 bridgehead atoms. The van der Waals surface area contributed by atoms with E-state index in [2.05, 4.69) is 0 Å². The van der Waals surface area contributed by atoms with E-state index in [1.54, 1.807) is 0 Å². The lowest BCUT2D eigenvalue weighted by atomic mass is 9.98. The van der Waals surface area contributed by atoms with E-state index in [4.69, 9.17) is 5.11 Å². The molecule has 0 aromatic heterocycles. The van der Waals surface area contributed by atoms with Crippen LogP contribution in [0.25, 0.3) is 0 Å². The minimum atomic E-state index is -0.0635. The van der Waals surface area contributed by atoms with Crippen molar-refractivity contribution in [1.82, 2.24) is 0 Å². The lowest BCUT2D eigenvalue weighted by Crippen LogP contribution is -1.97. The maximum Gasteiger partial charge on any atom is 0.127 e. The third-order valence-corrected chi connectivity index (χ3v) is 2.27. The highest BCUT2D eigenvalue weighted by atomic mass is 16.3. The van der Waals surface area contributed by atoms with Crippen LogP contribution in [0.2, 0.25) is 0 Å². The Balaban J connectivity index is 3.02. The average Bonchev–Trinajstić information content (AvgIpc) is 2.16. The van der Waals surface area contributed by atoms with Crippen molar-refractivity contribution in [3.63, 3.8) is 0 Å². The van der Waals surface area contributed by atoms with Crippen molar-refractivity contribution in [3.05, 3.63) is 34.9 Å². The van der Waals surface area contributed by atoms with Crippen LogP contribution >= 0.6 is 0 Å². The van der Waals surface area contributed by atoms with Gasteiger partial charge >= 0.3 is 0 Å². The second-order valence-corrected chi connectivity index (χ2v) is 3.27. The zero-order chi connectivity index (χ0) is 9.84. The van der Waals surface area contributed by atoms with Crippen LogP contribution in [-0.4, -0.2) is 11.4 Å². The highest BCUT2D eigenvalue weighted by molar-refractivity contribution is 5.61. The normalized spacial score (nSPS) is 12.5. The summed E-state index contributed by atoms with van der Waals surface area (Å²) in [4.78, 5) is 10.5. The molecule has 1 unspecified atom stereocenters. The number of carbonyl (C=O) groups excluding carboxylic acids is 1. The first-order valence-corrected chi connectivity index (χ1v) is 4.34. The largest absolute Gasteiger partial charge is 0.392 e. The Morgan fingerprint density at radius 2 is 2.23 bits per heavy atom.